The van der Waals surface area contributed by atoms with Gasteiger partial charge in [-0.3, -0.25) is 0 Å². The molecule has 0 aromatic carbocycles. The number of rotatable bonds is 19. The van der Waals surface area contributed by atoms with Crippen LogP contribution < -0.4 is 0 Å². The molecule has 0 atom stereocenters. The molecule has 30 heavy (non-hydrogen) atoms. The molecule has 0 aromatic rings. The van der Waals surface area contributed by atoms with Crippen molar-refractivity contribution in [3.05, 3.63) is 0 Å². The third-order valence-electron chi connectivity index (χ3n) is 7.61. The number of unbranched alkanes of at least 4 members (excludes halogenated alkanes) is 13. The molecular weight excluding hydrogens is 378 g/mol. The molecule has 0 bridgehead atoms. The lowest BCUT2D eigenvalue weighted by atomic mass is 9.85. The van der Waals surface area contributed by atoms with Crippen LogP contribution in [0, 0.1) is 0 Å². The third-order valence-corrected chi connectivity index (χ3v) is 7.61. The van der Waals surface area contributed by atoms with Crippen LogP contribution in [-0.2, 0) is 9.59 Å². The molecule has 5 heteroatoms. The zero-order chi connectivity index (χ0) is 23.3. The summed E-state index contributed by atoms with van der Waals surface area (Å²) < 4.78 is -0.0802. The summed E-state index contributed by atoms with van der Waals surface area (Å²) >= 11 is 0. The van der Waals surface area contributed by atoms with Gasteiger partial charge in [0.15, 0.2) is 0 Å². The molecule has 0 heterocycles. The van der Waals surface area contributed by atoms with Gasteiger partial charge in [0.25, 0.3) is 5.54 Å². The average molecular weight is 429 g/mol. The molecule has 0 aromatic heterocycles. The van der Waals surface area contributed by atoms with Crippen LogP contribution in [0.4, 0.5) is 0 Å². The number of hydrogen-bond donors (Lipinski definition) is 2. The summed E-state index contributed by atoms with van der Waals surface area (Å²) in [7, 11) is 3.46. The highest BCUT2D eigenvalue weighted by molar-refractivity contribution is 6.01. The van der Waals surface area contributed by atoms with Crippen molar-refractivity contribution in [2.24, 2.45) is 0 Å². The van der Waals surface area contributed by atoms with E-state index in [0.29, 0.717) is 0 Å². The third kappa shape index (κ3) is 8.56. The predicted molar refractivity (Wildman–Crippen MR) is 125 cm³/mol. The number of hydrogen-bond acceptors (Lipinski definition) is 2. The van der Waals surface area contributed by atoms with Gasteiger partial charge in [-0.2, -0.15) is 0 Å². The van der Waals surface area contributed by atoms with Gasteiger partial charge < -0.3 is 14.7 Å². The van der Waals surface area contributed by atoms with Crippen molar-refractivity contribution in [3.63, 3.8) is 0 Å². The minimum absolute atomic E-state index is 0.0802. The Bertz CT molecular complexity index is 485. The van der Waals surface area contributed by atoms with E-state index in [-0.39, 0.29) is 4.48 Å². The summed E-state index contributed by atoms with van der Waals surface area (Å²) in [5.74, 6) is -2.57. The Balaban J connectivity index is 4.04. The summed E-state index contributed by atoms with van der Waals surface area (Å²) in [5, 5.41) is 19.2. The Labute approximate surface area is 185 Å². The van der Waals surface area contributed by atoms with Gasteiger partial charge in [0.1, 0.15) is 0 Å². The van der Waals surface area contributed by atoms with Crippen molar-refractivity contribution in [2.45, 2.75) is 135 Å². The van der Waals surface area contributed by atoms with Crippen molar-refractivity contribution >= 4 is 11.9 Å². The second-order valence-corrected chi connectivity index (χ2v) is 10.3. The highest BCUT2D eigenvalue weighted by Gasteiger charge is 2.61. The van der Waals surface area contributed by atoms with Gasteiger partial charge in [-0.15, -0.1) is 0 Å². The van der Waals surface area contributed by atoms with Crippen LogP contribution in [0.25, 0.3) is 0 Å². The number of carboxylic acids is 2. The van der Waals surface area contributed by atoms with Crippen LogP contribution in [0.5, 0.6) is 0 Å². The molecule has 2 N–H and O–H groups in total. The number of carbonyl (C=O) groups is 2. The van der Waals surface area contributed by atoms with Crippen LogP contribution >= 0.6 is 0 Å². The van der Waals surface area contributed by atoms with Gasteiger partial charge in [-0.05, 0) is 20.3 Å². The first kappa shape index (κ1) is 28.9. The number of likely N-dealkylation sites (N-methyl/N-ethyl adjacent to an activating group) is 1. The average Bonchev–Trinajstić information content (AvgIpc) is 2.66. The summed E-state index contributed by atoms with van der Waals surface area (Å²) in [6.45, 7) is 7.55. The number of aliphatic carboxylic acids is 2. The molecule has 0 fully saturated rings. The molecule has 5 nitrogen and oxygen atoms in total. The van der Waals surface area contributed by atoms with Crippen LogP contribution in [0.1, 0.15) is 124 Å². The van der Waals surface area contributed by atoms with E-state index in [4.69, 9.17) is 0 Å². The fourth-order valence-corrected chi connectivity index (χ4v) is 4.21. The van der Waals surface area contributed by atoms with E-state index in [1.165, 1.54) is 84.0 Å². The highest BCUT2D eigenvalue weighted by Crippen LogP contribution is 2.36. The standard InChI is InChI=1S/C25H49NO4/c1-7-8-9-10-11-12-13-14-15-16-17-18-19-20-21-24(2,3)26(5,6)25(4,22(27)28)23(29)30/h7-21H2,1-6H3,(H-,27,28,29,30)/p+1. The van der Waals surface area contributed by atoms with Crippen molar-refractivity contribution in [2.75, 3.05) is 14.1 Å². The second kappa shape index (κ2) is 14.1. The van der Waals surface area contributed by atoms with E-state index in [2.05, 4.69) is 6.92 Å². The maximum atomic E-state index is 11.8. The predicted octanol–water partition coefficient (Wildman–Crippen LogP) is 6.64. The van der Waals surface area contributed by atoms with Crippen LogP contribution in [-0.4, -0.2) is 51.8 Å². The quantitative estimate of drug-likeness (QED) is 0.137. The smallest absolute Gasteiger partial charge is 0.377 e. The lowest BCUT2D eigenvalue weighted by molar-refractivity contribution is -0.966. The summed E-state index contributed by atoms with van der Waals surface area (Å²) in [6, 6.07) is 0. The highest BCUT2D eigenvalue weighted by atomic mass is 16.4. The fourth-order valence-electron chi connectivity index (χ4n) is 4.21. The van der Waals surface area contributed by atoms with Gasteiger partial charge >= 0.3 is 11.9 Å². The Kier molecular flexibility index (Phi) is 13.5. The van der Waals surface area contributed by atoms with E-state index in [1.54, 1.807) is 14.1 Å². The lowest BCUT2D eigenvalue weighted by Crippen LogP contribution is -2.73. The largest absolute Gasteiger partial charge is 0.476 e. The van der Waals surface area contributed by atoms with Crippen molar-refractivity contribution < 1.29 is 24.3 Å². The molecule has 0 aliphatic rings. The SMILES string of the molecule is CCCCCCCCCCCCCCCCC(C)(C)[N+](C)(C)C(C)(C(=O)O)C(=O)O. The van der Waals surface area contributed by atoms with Crippen LogP contribution in [0.2, 0.25) is 0 Å². The molecule has 0 spiro atoms. The lowest BCUT2D eigenvalue weighted by Gasteiger charge is -2.51. The summed E-state index contributed by atoms with van der Waals surface area (Å²) in [6.07, 6.45) is 19.1. The van der Waals surface area contributed by atoms with E-state index in [0.717, 1.165) is 19.3 Å². The number of quaternary nitrogens is 1. The molecule has 0 aliphatic carbocycles. The molecule has 0 radical (unpaired) electrons. The van der Waals surface area contributed by atoms with E-state index in [9.17, 15) is 19.8 Å². The zero-order valence-electron chi connectivity index (χ0n) is 20.8. The summed E-state index contributed by atoms with van der Waals surface area (Å²) in [4.78, 5) is 23.5. The Morgan fingerprint density at radius 1 is 0.633 bits per heavy atom. The first-order valence-electron chi connectivity index (χ1n) is 12.3. The maximum Gasteiger partial charge on any atom is 0.377 e. The molecule has 0 saturated carbocycles. The van der Waals surface area contributed by atoms with Crippen LogP contribution in [0.15, 0.2) is 0 Å². The minimum Gasteiger partial charge on any atom is -0.476 e. The van der Waals surface area contributed by atoms with Gasteiger partial charge in [-0.25, -0.2) is 9.59 Å². The minimum atomic E-state index is -1.86. The molecule has 178 valence electrons. The van der Waals surface area contributed by atoms with E-state index < -0.39 is 23.0 Å². The fraction of sp³-hybridized carbons (Fsp3) is 0.920. The zero-order valence-corrected chi connectivity index (χ0v) is 20.8. The second-order valence-electron chi connectivity index (χ2n) is 10.3. The van der Waals surface area contributed by atoms with Gasteiger partial charge in [0, 0.05) is 13.3 Å². The Morgan fingerprint density at radius 2 is 0.933 bits per heavy atom. The van der Waals surface area contributed by atoms with Crippen molar-refractivity contribution in [1.29, 1.82) is 0 Å². The molecule has 0 rings (SSSR count). The van der Waals surface area contributed by atoms with Gasteiger partial charge in [0.2, 0.25) is 0 Å². The van der Waals surface area contributed by atoms with E-state index >= 15 is 0 Å². The summed E-state index contributed by atoms with van der Waals surface area (Å²) in [5.41, 5.74) is -2.30. The van der Waals surface area contributed by atoms with Crippen LogP contribution in [0.3, 0.4) is 0 Å². The first-order valence-corrected chi connectivity index (χ1v) is 12.3. The molecule has 0 amide bonds. The van der Waals surface area contributed by atoms with Crippen molar-refractivity contribution in [3.8, 4) is 0 Å². The first-order chi connectivity index (χ1) is 13.9. The van der Waals surface area contributed by atoms with Crippen molar-refractivity contribution in [1.82, 2.24) is 0 Å². The Morgan fingerprint density at radius 3 is 1.23 bits per heavy atom. The number of carboxylic acid groups (broad SMARTS) is 2. The molecule has 0 unspecified atom stereocenters. The Hall–Kier alpha value is -1.10. The number of nitrogens with zero attached hydrogens (tertiary/aromatic N) is 1. The topological polar surface area (TPSA) is 74.6 Å². The maximum absolute atomic E-state index is 11.8. The molecular formula is C25H50NO4+. The molecule has 0 saturated heterocycles. The monoisotopic (exact) mass is 428 g/mol. The van der Waals surface area contributed by atoms with Gasteiger partial charge in [-0.1, -0.05) is 90.4 Å². The van der Waals surface area contributed by atoms with E-state index in [1.807, 2.05) is 13.8 Å². The van der Waals surface area contributed by atoms with Gasteiger partial charge in [0.05, 0.1) is 19.6 Å². The molecule has 0 aliphatic heterocycles. The normalized spacial score (nSPS) is 12.9.